The molecule has 0 aromatic heterocycles. The third-order valence-corrected chi connectivity index (χ3v) is 12.8. The van der Waals surface area contributed by atoms with E-state index in [0.29, 0.717) is 19.3 Å². The molecule has 0 aliphatic carbocycles. The van der Waals surface area contributed by atoms with Gasteiger partial charge in [0.05, 0.1) is 0 Å². The maximum absolute atomic E-state index is 12.8. The summed E-state index contributed by atoms with van der Waals surface area (Å²) in [6, 6.07) is 0. The van der Waals surface area contributed by atoms with Crippen LogP contribution in [0.25, 0.3) is 0 Å². The molecule has 0 heterocycles. The fourth-order valence-electron chi connectivity index (χ4n) is 8.57. The number of carbonyl (C=O) groups is 3. The molecule has 0 rings (SSSR count). The Morgan fingerprint density at radius 1 is 0.306 bits per heavy atom. The molecule has 0 aliphatic rings. The molecule has 6 nitrogen and oxygen atoms in total. The number of unbranched alkanes of at least 4 members (excludes halogenated alkanes) is 38. The topological polar surface area (TPSA) is 78.9 Å². The van der Waals surface area contributed by atoms with Gasteiger partial charge in [-0.15, -0.1) is 0 Å². The van der Waals surface area contributed by atoms with Crippen LogP contribution in [0.2, 0.25) is 0 Å². The molecule has 0 aromatic rings. The van der Waals surface area contributed by atoms with Crippen molar-refractivity contribution in [3.8, 4) is 0 Å². The summed E-state index contributed by atoms with van der Waals surface area (Å²) < 4.78 is 16.8. The molecule has 0 aliphatic heterocycles. The molecule has 0 saturated carbocycles. The van der Waals surface area contributed by atoms with Crippen LogP contribution in [0.4, 0.5) is 0 Å². The quantitative estimate of drug-likeness (QED) is 0.0344. The van der Waals surface area contributed by atoms with E-state index in [-0.39, 0.29) is 31.1 Å². The summed E-state index contributed by atoms with van der Waals surface area (Å²) in [6.07, 6.45) is 53.8. The van der Waals surface area contributed by atoms with Gasteiger partial charge in [-0.2, -0.15) is 0 Å². The lowest BCUT2D eigenvalue weighted by Gasteiger charge is -2.18. The monoisotopic (exact) mass is 877 g/mol. The van der Waals surface area contributed by atoms with Crippen LogP contribution in [0.5, 0.6) is 0 Å². The molecule has 0 saturated heterocycles. The van der Waals surface area contributed by atoms with E-state index in [0.717, 1.165) is 63.7 Å². The Morgan fingerprint density at radius 2 is 0.532 bits per heavy atom. The number of ether oxygens (including phenoxy) is 3. The number of esters is 3. The number of carbonyl (C=O) groups excluding carboxylic acids is 3. The van der Waals surface area contributed by atoms with Gasteiger partial charge in [0.1, 0.15) is 13.2 Å². The predicted octanol–water partition coefficient (Wildman–Crippen LogP) is 18.2. The van der Waals surface area contributed by atoms with Gasteiger partial charge >= 0.3 is 17.9 Å². The lowest BCUT2D eigenvalue weighted by atomic mass is 10.0. The van der Waals surface area contributed by atoms with Crippen molar-refractivity contribution in [2.75, 3.05) is 13.2 Å². The van der Waals surface area contributed by atoms with Crippen LogP contribution in [-0.4, -0.2) is 37.2 Å². The molecule has 1 atom stereocenters. The van der Waals surface area contributed by atoms with Crippen molar-refractivity contribution in [2.45, 2.75) is 323 Å². The van der Waals surface area contributed by atoms with Crippen molar-refractivity contribution in [3.05, 3.63) is 0 Å². The van der Waals surface area contributed by atoms with E-state index in [9.17, 15) is 14.4 Å². The van der Waals surface area contributed by atoms with Gasteiger partial charge in [-0.3, -0.25) is 14.4 Å². The maximum atomic E-state index is 12.8. The Balaban J connectivity index is 4.18. The minimum absolute atomic E-state index is 0.0622. The summed E-state index contributed by atoms with van der Waals surface area (Å²) in [4.78, 5) is 38.0. The highest BCUT2D eigenvalue weighted by Gasteiger charge is 2.19. The smallest absolute Gasteiger partial charge is 0.306 e. The van der Waals surface area contributed by atoms with E-state index in [2.05, 4.69) is 27.7 Å². The van der Waals surface area contributed by atoms with Crippen LogP contribution in [-0.2, 0) is 28.6 Å². The maximum Gasteiger partial charge on any atom is 0.306 e. The van der Waals surface area contributed by atoms with Crippen molar-refractivity contribution >= 4 is 17.9 Å². The first kappa shape index (κ1) is 60.4. The molecule has 0 fully saturated rings. The van der Waals surface area contributed by atoms with Crippen molar-refractivity contribution in [3.63, 3.8) is 0 Å². The van der Waals surface area contributed by atoms with Crippen LogP contribution >= 0.6 is 0 Å². The average Bonchev–Trinajstić information content (AvgIpc) is 3.26. The fourth-order valence-corrected chi connectivity index (χ4v) is 8.57. The Morgan fingerprint density at radius 3 is 0.790 bits per heavy atom. The van der Waals surface area contributed by atoms with E-state index < -0.39 is 6.10 Å². The van der Waals surface area contributed by atoms with Gasteiger partial charge in [0.2, 0.25) is 0 Å². The zero-order valence-corrected chi connectivity index (χ0v) is 42.3. The zero-order valence-electron chi connectivity index (χ0n) is 42.3. The largest absolute Gasteiger partial charge is 0.462 e. The zero-order chi connectivity index (χ0) is 45.2. The van der Waals surface area contributed by atoms with Crippen molar-refractivity contribution < 1.29 is 28.6 Å². The second-order valence-corrected chi connectivity index (χ2v) is 19.7. The minimum Gasteiger partial charge on any atom is -0.462 e. The Kier molecular flexibility index (Phi) is 49.1. The normalized spacial score (nSPS) is 12.0. The summed E-state index contributed by atoms with van der Waals surface area (Å²) in [5, 5.41) is 0. The van der Waals surface area contributed by atoms with Gasteiger partial charge < -0.3 is 14.2 Å². The van der Waals surface area contributed by atoms with Crippen LogP contribution in [0.3, 0.4) is 0 Å². The second kappa shape index (κ2) is 50.4. The average molecular weight is 877 g/mol. The first-order valence-electron chi connectivity index (χ1n) is 27.9. The molecule has 0 radical (unpaired) electrons. The van der Waals surface area contributed by atoms with Crippen molar-refractivity contribution in [2.24, 2.45) is 5.92 Å². The first-order chi connectivity index (χ1) is 30.4. The van der Waals surface area contributed by atoms with Crippen LogP contribution in [0.1, 0.15) is 317 Å². The van der Waals surface area contributed by atoms with Crippen molar-refractivity contribution in [1.82, 2.24) is 0 Å². The summed E-state index contributed by atoms with van der Waals surface area (Å²) >= 11 is 0. The van der Waals surface area contributed by atoms with E-state index in [1.54, 1.807) is 0 Å². The lowest BCUT2D eigenvalue weighted by molar-refractivity contribution is -0.167. The van der Waals surface area contributed by atoms with Gasteiger partial charge in [-0.25, -0.2) is 0 Å². The van der Waals surface area contributed by atoms with Gasteiger partial charge in [-0.05, 0) is 25.2 Å². The molecule has 368 valence electrons. The molecule has 0 spiro atoms. The van der Waals surface area contributed by atoms with E-state index in [4.69, 9.17) is 14.2 Å². The first-order valence-corrected chi connectivity index (χ1v) is 27.9. The molecule has 0 N–H and O–H groups in total. The number of hydrogen-bond donors (Lipinski definition) is 0. The van der Waals surface area contributed by atoms with E-state index >= 15 is 0 Å². The van der Waals surface area contributed by atoms with E-state index in [1.165, 1.54) is 212 Å². The third-order valence-electron chi connectivity index (χ3n) is 12.8. The van der Waals surface area contributed by atoms with Crippen LogP contribution in [0, 0.1) is 5.92 Å². The molecule has 6 heteroatoms. The van der Waals surface area contributed by atoms with Crippen molar-refractivity contribution in [1.29, 1.82) is 0 Å². The third kappa shape index (κ3) is 49.4. The van der Waals surface area contributed by atoms with Gasteiger partial charge in [0.15, 0.2) is 6.10 Å². The minimum atomic E-state index is -0.760. The Hall–Kier alpha value is -1.59. The van der Waals surface area contributed by atoms with Gasteiger partial charge in [-0.1, -0.05) is 278 Å². The number of rotatable bonds is 51. The fraction of sp³-hybridized carbons (Fsp3) is 0.946. The summed E-state index contributed by atoms with van der Waals surface area (Å²) in [5.41, 5.74) is 0. The molecule has 62 heavy (non-hydrogen) atoms. The molecule has 0 amide bonds. The molecule has 0 bridgehead atoms. The van der Waals surface area contributed by atoms with Gasteiger partial charge in [0, 0.05) is 19.3 Å². The van der Waals surface area contributed by atoms with Crippen LogP contribution < -0.4 is 0 Å². The van der Waals surface area contributed by atoms with E-state index in [1.807, 2.05) is 0 Å². The summed E-state index contributed by atoms with van der Waals surface area (Å²) in [6.45, 7) is 9.05. The highest BCUT2D eigenvalue weighted by molar-refractivity contribution is 5.71. The highest BCUT2D eigenvalue weighted by Crippen LogP contribution is 2.18. The Bertz CT molecular complexity index is 933. The molecular formula is C56H108O6. The standard InChI is InChI=1S/C56H108O6/c1-5-7-9-11-13-15-17-24-28-32-35-39-43-47-54(57)60-50-53(62-56(59)49-45-41-37-31-16-14-12-10-8-6-2)51-61-55(58)48-44-40-36-33-29-26-23-21-19-18-20-22-25-27-30-34-38-42-46-52(3)4/h52-53H,5-51H2,1-4H3/t53-/m0/s1. The van der Waals surface area contributed by atoms with Gasteiger partial charge in [0.25, 0.3) is 0 Å². The lowest BCUT2D eigenvalue weighted by Crippen LogP contribution is -2.30. The SMILES string of the molecule is CCCCCCCCCCCCCCCC(=O)OC[C@@H](COC(=O)CCCCCCCCCCCCCCCCCCCCC(C)C)OC(=O)CCCCCCCCCCCC. The molecule has 0 aromatic carbocycles. The second-order valence-electron chi connectivity index (χ2n) is 19.7. The molecule has 0 unspecified atom stereocenters. The predicted molar refractivity (Wildman–Crippen MR) is 266 cm³/mol. The van der Waals surface area contributed by atoms with Crippen LogP contribution in [0.15, 0.2) is 0 Å². The number of hydrogen-bond acceptors (Lipinski definition) is 6. The molecular weight excluding hydrogens is 769 g/mol. The summed E-state index contributed by atoms with van der Waals surface area (Å²) in [5.74, 6) is 0.0184. The Labute approximate surface area is 387 Å². The summed E-state index contributed by atoms with van der Waals surface area (Å²) in [7, 11) is 0. The highest BCUT2D eigenvalue weighted by atomic mass is 16.6.